The highest BCUT2D eigenvalue weighted by atomic mass is 16.3. The highest BCUT2D eigenvalue weighted by molar-refractivity contribution is 5.86. The van der Waals surface area contributed by atoms with Crippen LogP contribution in [0.4, 0.5) is 5.69 Å². The molecule has 1 amide bonds. The van der Waals surface area contributed by atoms with Crippen LogP contribution in [0.25, 0.3) is 0 Å². The number of nitriles is 1. The lowest BCUT2D eigenvalue weighted by molar-refractivity contribution is -0.123. The fourth-order valence-corrected chi connectivity index (χ4v) is 3.53. The lowest BCUT2D eigenvalue weighted by atomic mass is 10.0. The summed E-state index contributed by atoms with van der Waals surface area (Å²) >= 11 is 0. The van der Waals surface area contributed by atoms with E-state index in [0.29, 0.717) is 5.56 Å². The van der Waals surface area contributed by atoms with E-state index in [4.69, 9.17) is 5.26 Å². The van der Waals surface area contributed by atoms with Gasteiger partial charge in [-0.25, -0.2) is 0 Å². The quantitative estimate of drug-likeness (QED) is 0.856. The lowest BCUT2D eigenvalue weighted by Crippen LogP contribution is -2.47. The van der Waals surface area contributed by atoms with Crippen molar-refractivity contribution in [2.45, 2.75) is 44.9 Å². The number of aryl methyl sites for hydroxylation is 1. The summed E-state index contributed by atoms with van der Waals surface area (Å²) in [5.41, 5.74) is 3.47. The fourth-order valence-electron chi connectivity index (χ4n) is 3.53. The number of anilines is 1. The standard InChI is InChI=1S/C22H25N3O2/c1-15-5-9-18(10-6-15)21(26)16(2)24-22(27)20-4-3-13-25(20)19-11-7-17(14-23)8-12-19/h5-12,16,20-21,26H,3-4,13H2,1-2H3,(H,24,27). The minimum atomic E-state index is -0.751. The second-order valence-corrected chi connectivity index (χ2v) is 7.16. The summed E-state index contributed by atoms with van der Waals surface area (Å²) in [4.78, 5) is 14.9. The molecule has 1 fully saturated rings. The van der Waals surface area contributed by atoms with Crippen LogP contribution in [0.1, 0.15) is 42.6 Å². The Kier molecular flexibility index (Phi) is 5.78. The Bertz CT molecular complexity index is 824. The molecular weight excluding hydrogens is 338 g/mol. The molecule has 1 saturated heterocycles. The minimum Gasteiger partial charge on any atom is -0.386 e. The van der Waals surface area contributed by atoms with Crippen molar-refractivity contribution in [1.29, 1.82) is 5.26 Å². The van der Waals surface area contributed by atoms with Crippen molar-refractivity contribution in [3.63, 3.8) is 0 Å². The first-order valence-corrected chi connectivity index (χ1v) is 9.31. The number of hydrogen-bond acceptors (Lipinski definition) is 4. The van der Waals surface area contributed by atoms with Gasteiger partial charge < -0.3 is 15.3 Å². The number of nitrogens with one attached hydrogen (secondary N) is 1. The first kappa shape index (κ1) is 18.9. The molecule has 0 aliphatic carbocycles. The Hall–Kier alpha value is -2.84. The van der Waals surface area contributed by atoms with Crippen LogP contribution in [-0.4, -0.2) is 29.6 Å². The number of rotatable bonds is 5. The topological polar surface area (TPSA) is 76.4 Å². The van der Waals surface area contributed by atoms with E-state index in [-0.39, 0.29) is 18.0 Å². The number of amides is 1. The molecule has 0 saturated carbocycles. The molecule has 5 nitrogen and oxygen atoms in total. The molecule has 3 rings (SSSR count). The van der Waals surface area contributed by atoms with Gasteiger partial charge in [-0.3, -0.25) is 4.79 Å². The average Bonchev–Trinajstić information content (AvgIpc) is 3.18. The molecular formula is C22H25N3O2. The Morgan fingerprint density at radius 3 is 2.52 bits per heavy atom. The molecule has 0 bridgehead atoms. The normalized spacial score (nSPS) is 18.6. The molecule has 3 atom stereocenters. The van der Waals surface area contributed by atoms with Crippen LogP contribution in [0, 0.1) is 18.3 Å². The van der Waals surface area contributed by atoms with Gasteiger partial charge in [0.2, 0.25) is 5.91 Å². The number of hydrogen-bond donors (Lipinski definition) is 2. The highest BCUT2D eigenvalue weighted by Crippen LogP contribution is 2.26. The van der Waals surface area contributed by atoms with Gasteiger partial charge in [0.1, 0.15) is 6.04 Å². The van der Waals surface area contributed by atoms with Gasteiger partial charge in [0, 0.05) is 12.2 Å². The van der Waals surface area contributed by atoms with E-state index in [1.807, 2.05) is 50.2 Å². The number of carbonyl (C=O) groups excluding carboxylic acids is 1. The molecule has 2 N–H and O–H groups in total. The molecule has 140 valence electrons. The van der Waals surface area contributed by atoms with Crippen molar-refractivity contribution in [3.8, 4) is 6.07 Å². The van der Waals surface area contributed by atoms with Crippen LogP contribution in [0.5, 0.6) is 0 Å². The maximum Gasteiger partial charge on any atom is 0.243 e. The summed E-state index contributed by atoms with van der Waals surface area (Å²) in [7, 11) is 0. The Morgan fingerprint density at radius 2 is 1.89 bits per heavy atom. The molecule has 3 unspecified atom stereocenters. The van der Waals surface area contributed by atoms with Crippen LogP contribution in [0.3, 0.4) is 0 Å². The maximum atomic E-state index is 12.8. The Balaban J connectivity index is 1.66. The first-order valence-electron chi connectivity index (χ1n) is 9.31. The molecule has 1 aliphatic rings. The molecule has 2 aromatic carbocycles. The largest absolute Gasteiger partial charge is 0.386 e. The van der Waals surface area contributed by atoms with E-state index in [2.05, 4.69) is 16.3 Å². The van der Waals surface area contributed by atoms with Crippen molar-refractivity contribution < 1.29 is 9.90 Å². The number of nitrogens with zero attached hydrogens (tertiary/aromatic N) is 2. The Morgan fingerprint density at radius 1 is 1.22 bits per heavy atom. The monoisotopic (exact) mass is 363 g/mol. The number of aliphatic hydroxyl groups excluding tert-OH is 1. The molecule has 0 spiro atoms. The van der Waals surface area contributed by atoms with Gasteiger partial charge in [-0.1, -0.05) is 29.8 Å². The number of carbonyl (C=O) groups is 1. The SMILES string of the molecule is Cc1ccc(C(O)C(C)NC(=O)C2CCCN2c2ccc(C#N)cc2)cc1. The van der Waals surface area contributed by atoms with Crippen molar-refractivity contribution in [1.82, 2.24) is 5.32 Å². The van der Waals surface area contributed by atoms with Crippen LogP contribution in [-0.2, 0) is 4.79 Å². The third-order valence-electron chi connectivity index (χ3n) is 5.15. The zero-order valence-electron chi connectivity index (χ0n) is 15.7. The molecule has 0 aromatic heterocycles. The molecule has 1 aliphatic heterocycles. The van der Waals surface area contributed by atoms with E-state index in [9.17, 15) is 9.90 Å². The molecule has 27 heavy (non-hydrogen) atoms. The summed E-state index contributed by atoms with van der Waals surface area (Å²) in [6, 6.07) is 16.5. The third kappa shape index (κ3) is 4.29. The zero-order chi connectivity index (χ0) is 19.4. The van der Waals surface area contributed by atoms with Gasteiger partial charge in [-0.2, -0.15) is 5.26 Å². The zero-order valence-corrected chi connectivity index (χ0v) is 15.7. The smallest absolute Gasteiger partial charge is 0.243 e. The number of benzene rings is 2. The average molecular weight is 363 g/mol. The molecule has 0 radical (unpaired) electrons. The van der Waals surface area contributed by atoms with Gasteiger partial charge in [-0.15, -0.1) is 0 Å². The highest BCUT2D eigenvalue weighted by Gasteiger charge is 2.32. The van der Waals surface area contributed by atoms with E-state index in [0.717, 1.165) is 36.2 Å². The lowest BCUT2D eigenvalue weighted by Gasteiger charge is -2.28. The van der Waals surface area contributed by atoms with Gasteiger partial charge in [0.25, 0.3) is 0 Å². The second kappa shape index (κ2) is 8.24. The van der Waals surface area contributed by atoms with E-state index < -0.39 is 6.10 Å². The summed E-state index contributed by atoms with van der Waals surface area (Å²) < 4.78 is 0. The second-order valence-electron chi connectivity index (χ2n) is 7.16. The summed E-state index contributed by atoms with van der Waals surface area (Å²) in [5, 5.41) is 22.5. The Labute approximate surface area is 160 Å². The molecule has 1 heterocycles. The van der Waals surface area contributed by atoms with E-state index in [1.54, 1.807) is 12.1 Å². The maximum absolute atomic E-state index is 12.8. The summed E-state index contributed by atoms with van der Waals surface area (Å²) in [5.74, 6) is -0.0736. The van der Waals surface area contributed by atoms with Gasteiger partial charge in [0.15, 0.2) is 0 Å². The van der Waals surface area contributed by atoms with Crippen LogP contribution in [0.2, 0.25) is 0 Å². The summed E-state index contributed by atoms with van der Waals surface area (Å²) in [6.07, 6.45) is 0.964. The third-order valence-corrected chi connectivity index (χ3v) is 5.15. The minimum absolute atomic E-state index is 0.0736. The molecule has 5 heteroatoms. The number of aliphatic hydroxyl groups is 1. The van der Waals surface area contributed by atoms with Crippen LogP contribution < -0.4 is 10.2 Å². The van der Waals surface area contributed by atoms with Gasteiger partial charge in [-0.05, 0) is 56.5 Å². The van der Waals surface area contributed by atoms with Crippen molar-refractivity contribution in [3.05, 3.63) is 65.2 Å². The van der Waals surface area contributed by atoms with Crippen molar-refractivity contribution in [2.75, 3.05) is 11.4 Å². The van der Waals surface area contributed by atoms with Crippen molar-refractivity contribution >= 4 is 11.6 Å². The van der Waals surface area contributed by atoms with Gasteiger partial charge in [0.05, 0.1) is 23.8 Å². The van der Waals surface area contributed by atoms with Crippen molar-refractivity contribution in [2.24, 2.45) is 0 Å². The van der Waals surface area contributed by atoms with E-state index in [1.165, 1.54) is 0 Å². The summed E-state index contributed by atoms with van der Waals surface area (Å²) in [6.45, 7) is 4.63. The predicted octanol–water partition coefficient (Wildman–Crippen LogP) is 3.07. The van der Waals surface area contributed by atoms with Gasteiger partial charge >= 0.3 is 0 Å². The van der Waals surface area contributed by atoms with Crippen LogP contribution in [0.15, 0.2) is 48.5 Å². The molecule has 2 aromatic rings. The predicted molar refractivity (Wildman–Crippen MR) is 105 cm³/mol. The fraction of sp³-hybridized carbons (Fsp3) is 0.364. The van der Waals surface area contributed by atoms with Crippen LogP contribution >= 0.6 is 0 Å². The van der Waals surface area contributed by atoms with E-state index >= 15 is 0 Å². The first-order chi connectivity index (χ1) is 13.0.